The fourth-order valence-corrected chi connectivity index (χ4v) is 3.05. The van der Waals surface area contributed by atoms with Crippen molar-refractivity contribution in [1.29, 1.82) is 0 Å². The number of nitrogens with one attached hydrogen (secondary N) is 3. The fraction of sp³-hybridized carbons (Fsp3) is 0.333. The van der Waals surface area contributed by atoms with Gasteiger partial charge in [0.05, 0.1) is 16.0 Å². The predicted octanol–water partition coefficient (Wildman–Crippen LogP) is 2.77. The normalized spacial score (nSPS) is 14.4. The molecule has 2 atom stereocenters. The average molecular weight is 302 g/mol. The highest BCUT2D eigenvalue weighted by molar-refractivity contribution is 7.09. The summed E-state index contributed by atoms with van der Waals surface area (Å²) in [6.45, 7) is 5.17. The van der Waals surface area contributed by atoms with Gasteiger partial charge in [-0.15, -0.1) is 11.3 Å². The third-order valence-electron chi connectivity index (χ3n) is 3.64. The number of benzene rings is 1. The highest BCUT2D eigenvalue weighted by Crippen LogP contribution is 2.20. The maximum atomic E-state index is 11.3. The minimum Gasteiger partial charge on any atom is -0.310 e. The minimum absolute atomic E-state index is 0.167. The summed E-state index contributed by atoms with van der Waals surface area (Å²) in [6.07, 6.45) is 1.84. The van der Waals surface area contributed by atoms with E-state index in [1.165, 1.54) is 0 Å². The van der Waals surface area contributed by atoms with Crippen molar-refractivity contribution in [3.63, 3.8) is 0 Å². The molecule has 2 heterocycles. The summed E-state index contributed by atoms with van der Waals surface area (Å²) in [5.74, 6) is 0.392. The molecule has 0 aliphatic heterocycles. The molecule has 21 heavy (non-hydrogen) atoms. The molecule has 0 saturated carbocycles. The second-order valence-corrected chi connectivity index (χ2v) is 6.21. The summed E-state index contributed by atoms with van der Waals surface area (Å²) in [4.78, 5) is 21.2. The molecule has 110 valence electrons. The van der Waals surface area contributed by atoms with Gasteiger partial charge in [0, 0.05) is 30.1 Å². The monoisotopic (exact) mass is 302 g/mol. The van der Waals surface area contributed by atoms with E-state index < -0.39 is 0 Å². The van der Waals surface area contributed by atoms with Crippen LogP contribution in [0.2, 0.25) is 0 Å². The first-order valence-electron chi connectivity index (χ1n) is 6.98. The number of fused-ring (bicyclic) bond motifs is 1. The van der Waals surface area contributed by atoms with E-state index in [-0.39, 0.29) is 11.7 Å². The Labute approximate surface area is 126 Å². The zero-order chi connectivity index (χ0) is 14.8. The van der Waals surface area contributed by atoms with Crippen molar-refractivity contribution in [3.05, 3.63) is 50.8 Å². The number of aromatic nitrogens is 3. The molecule has 2 unspecified atom stereocenters. The molecule has 0 amide bonds. The Kier molecular flexibility index (Phi) is 3.90. The Morgan fingerprint density at radius 2 is 2.10 bits per heavy atom. The quantitative estimate of drug-likeness (QED) is 0.678. The van der Waals surface area contributed by atoms with Crippen molar-refractivity contribution in [1.82, 2.24) is 20.3 Å². The van der Waals surface area contributed by atoms with Crippen LogP contribution in [0.3, 0.4) is 0 Å². The van der Waals surface area contributed by atoms with Crippen LogP contribution in [0, 0.1) is 0 Å². The van der Waals surface area contributed by atoms with Crippen molar-refractivity contribution in [3.8, 4) is 0 Å². The molecule has 0 aliphatic rings. The number of thiazole rings is 1. The van der Waals surface area contributed by atoms with Gasteiger partial charge in [0.15, 0.2) is 0 Å². The predicted molar refractivity (Wildman–Crippen MR) is 85.9 cm³/mol. The van der Waals surface area contributed by atoms with Crippen LogP contribution in [0.15, 0.2) is 34.6 Å². The molecule has 0 saturated heterocycles. The summed E-state index contributed by atoms with van der Waals surface area (Å²) in [6, 6.07) is 6.21. The second kappa shape index (κ2) is 5.83. The van der Waals surface area contributed by atoms with Gasteiger partial charge in [0.25, 0.3) is 0 Å². The number of H-pyrrole nitrogens is 2. The molecule has 0 fully saturated rings. The molecule has 1 aromatic carbocycles. The minimum atomic E-state index is -0.167. The molecule has 6 heteroatoms. The van der Waals surface area contributed by atoms with Crippen molar-refractivity contribution in [2.75, 3.05) is 6.54 Å². The first-order valence-corrected chi connectivity index (χ1v) is 7.86. The smallest absolute Gasteiger partial charge is 0.310 e. The van der Waals surface area contributed by atoms with Gasteiger partial charge >= 0.3 is 5.69 Å². The number of hydrogen-bond donors (Lipinski definition) is 3. The highest BCUT2D eigenvalue weighted by Gasteiger charge is 2.11. The van der Waals surface area contributed by atoms with Crippen molar-refractivity contribution in [2.24, 2.45) is 0 Å². The lowest BCUT2D eigenvalue weighted by Crippen LogP contribution is -2.23. The third-order valence-corrected chi connectivity index (χ3v) is 4.65. The van der Waals surface area contributed by atoms with Gasteiger partial charge in [0.1, 0.15) is 0 Å². The van der Waals surface area contributed by atoms with Crippen molar-refractivity contribution < 1.29 is 0 Å². The molecule has 3 N–H and O–H groups in total. The van der Waals surface area contributed by atoms with E-state index in [4.69, 9.17) is 0 Å². The summed E-state index contributed by atoms with van der Waals surface area (Å²) >= 11 is 1.69. The van der Waals surface area contributed by atoms with Crippen LogP contribution >= 0.6 is 11.3 Å². The highest BCUT2D eigenvalue weighted by atomic mass is 32.1. The molecule has 2 aromatic heterocycles. The maximum absolute atomic E-state index is 11.3. The van der Waals surface area contributed by atoms with E-state index in [1.54, 1.807) is 11.3 Å². The molecule has 0 spiro atoms. The SMILES string of the molecule is CC(CNC(C)c1ccc2[nH]c(=O)[nH]c2c1)c1nccs1. The summed E-state index contributed by atoms with van der Waals surface area (Å²) in [5, 5.41) is 6.68. The Balaban J connectivity index is 1.68. The van der Waals surface area contributed by atoms with Crippen LogP contribution in [-0.2, 0) is 0 Å². The standard InChI is InChI=1S/C15H18N4OS/c1-9(14-16-5-6-21-14)8-17-10(2)11-3-4-12-13(7-11)19-15(20)18-12/h3-7,9-10,17H,8H2,1-2H3,(H2,18,19,20). The number of imidazole rings is 1. The number of aromatic amines is 2. The van der Waals surface area contributed by atoms with Crippen LogP contribution in [0.5, 0.6) is 0 Å². The zero-order valence-electron chi connectivity index (χ0n) is 12.0. The lowest BCUT2D eigenvalue weighted by molar-refractivity contribution is 0.536. The van der Waals surface area contributed by atoms with E-state index in [9.17, 15) is 4.79 Å². The second-order valence-electron chi connectivity index (χ2n) is 5.29. The molecular weight excluding hydrogens is 284 g/mol. The summed E-state index contributed by atoms with van der Waals surface area (Å²) in [7, 11) is 0. The summed E-state index contributed by atoms with van der Waals surface area (Å²) in [5.41, 5.74) is 2.68. The first kappa shape index (κ1) is 14.0. The van der Waals surface area contributed by atoms with Gasteiger partial charge in [-0.25, -0.2) is 9.78 Å². The molecule has 5 nitrogen and oxygen atoms in total. The zero-order valence-corrected chi connectivity index (χ0v) is 12.8. The average Bonchev–Trinajstić information content (AvgIpc) is 3.11. The molecule has 3 aromatic rings. The van der Waals surface area contributed by atoms with E-state index in [1.807, 2.05) is 29.8 Å². The van der Waals surface area contributed by atoms with Crippen LogP contribution < -0.4 is 11.0 Å². The van der Waals surface area contributed by atoms with Crippen molar-refractivity contribution in [2.45, 2.75) is 25.8 Å². The number of hydrogen-bond acceptors (Lipinski definition) is 4. The molecular formula is C15H18N4OS. The van der Waals surface area contributed by atoms with Crippen LogP contribution in [0.1, 0.15) is 36.4 Å². The lowest BCUT2D eigenvalue weighted by Gasteiger charge is -2.17. The Hall–Kier alpha value is -1.92. The van der Waals surface area contributed by atoms with Gasteiger partial charge < -0.3 is 15.3 Å². The van der Waals surface area contributed by atoms with Crippen LogP contribution in [-0.4, -0.2) is 21.5 Å². The number of rotatable bonds is 5. The molecule has 3 rings (SSSR count). The molecule has 0 bridgehead atoms. The lowest BCUT2D eigenvalue weighted by atomic mass is 10.1. The van der Waals surface area contributed by atoms with Crippen LogP contribution in [0.25, 0.3) is 11.0 Å². The molecule has 0 radical (unpaired) electrons. The van der Waals surface area contributed by atoms with Gasteiger partial charge in [-0.05, 0) is 24.6 Å². The summed E-state index contributed by atoms with van der Waals surface area (Å²) < 4.78 is 0. The van der Waals surface area contributed by atoms with E-state index in [0.29, 0.717) is 5.92 Å². The Morgan fingerprint density at radius 1 is 1.29 bits per heavy atom. The van der Waals surface area contributed by atoms with Gasteiger partial charge in [-0.1, -0.05) is 13.0 Å². The van der Waals surface area contributed by atoms with Crippen molar-refractivity contribution >= 4 is 22.4 Å². The van der Waals surface area contributed by atoms with E-state index in [0.717, 1.165) is 28.1 Å². The first-order chi connectivity index (χ1) is 10.1. The number of nitrogens with zero attached hydrogens (tertiary/aromatic N) is 1. The topological polar surface area (TPSA) is 73.6 Å². The Morgan fingerprint density at radius 3 is 2.86 bits per heavy atom. The fourth-order valence-electron chi connectivity index (χ4n) is 2.36. The third kappa shape index (κ3) is 3.06. The van der Waals surface area contributed by atoms with E-state index >= 15 is 0 Å². The largest absolute Gasteiger partial charge is 0.323 e. The van der Waals surface area contributed by atoms with Gasteiger partial charge in [0.2, 0.25) is 0 Å². The van der Waals surface area contributed by atoms with E-state index in [2.05, 4.69) is 34.1 Å². The van der Waals surface area contributed by atoms with Crippen LogP contribution in [0.4, 0.5) is 0 Å². The molecule has 0 aliphatic carbocycles. The van der Waals surface area contributed by atoms with Gasteiger partial charge in [-0.2, -0.15) is 0 Å². The maximum Gasteiger partial charge on any atom is 0.323 e. The Bertz CT molecular complexity index is 774. The van der Waals surface area contributed by atoms with Gasteiger partial charge in [-0.3, -0.25) is 0 Å².